The van der Waals surface area contributed by atoms with Gasteiger partial charge in [0.15, 0.2) is 0 Å². The van der Waals surface area contributed by atoms with Crippen molar-refractivity contribution in [2.45, 2.75) is 0 Å². The number of fused-ring (bicyclic) bond motifs is 1. The van der Waals surface area contributed by atoms with Crippen LogP contribution >= 0.6 is 0 Å². The molecule has 0 unspecified atom stereocenters. The lowest BCUT2D eigenvalue weighted by molar-refractivity contribution is 0.481. The number of halogens is 1. The number of nitrogens with zero attached hydrogens (tertiary/aromatic N) is 1. The van der Waals surface area contributed by atoms with Crippen LogP contribution in [0.15, 0.2) is 72.8 Å². The summed E-state index contributed by atoms with van der Waals surface area (Å²) in [5, 5.41) is 3.22. The van der Waals surface area contributed by atoms with E-state index in [9.17, 15) is 4.39 Å². The molecule has 0 atom stereocenters. The summed E-state index contributed by atoms with van der Waals surface area (Å²) in [5.41, 5.74) is 2.65. The van der Waals surface area contributed by atoms with Crippen LogP contribution in [0.25, 0.3) is 11.0 Å². The molecule has 0 aliphatic heterocycles. The van der Waals surface area contributed by atoms with Crippen molar-refractivity contribution in [3.05, 3.63) is 78.6 Å². The second kappa shape index (κ2) is 6.04. The Morgan fingerprint density at radius 1 is 0.875 bits per heavy atom. The fourth-order valence-electron chi connectivity index (χ4n) is 2.41. The van der Waals surface area contributed by atoms with Crippen molar-refractivity contribution >= 4 is 22.7 Å². The van der Waals surface area contributed by atoms with Crippen LogP contribution in [0.4, 0.5) is 16.0 Å². The van der Waals surface area contributed by atoms with Crippen LogP contribution in [0.2, 0.25) is 0 Å². The summed E-state index contributed by atoms with van der Waals surface area (Å²) in [6.07, 6.45) is 0. The molecule has 0 bridgehead atoms. The molecule has 0 amide bonds. The van der Waals surface area contributed by atoms with Gasteiger partial charge in [0.25, 0.3) is 0 Å². The third-order valence-electron chi connectivity index (χ3n) is 3.54. The molecule has 0 aliphatic rings. The fourth-order valence-corrected chi connectivity index (χ4v) is 2.41. The standard InChI is InChI=1S/C19H14FN3O/c20-13-6-8-15(9-7-13)24-16-10-11-17-18(12-16)23-19(22-17)21-14-4-2-1-3-5-14/h1-12H,(H2,21,22,23). The molecule has 118 valence electrons. The molecule has 4 aromatic rings. The Morgan fingerprint density at radius 2 is 1.62 bits per heavy atom. The molecule has 0 saturated heterocycles. The third-order valence-corrected chi connectivity index (χ3v) is 3.54. The van der Waals surface area contributed by atoms with E-state index in [1.165, 1.54) is 12.1 Å². The second-order valence-electron chi connectivity index (χ2n) is 5.31. The highest BCUT2D eigenvalue weighted by Gasteiger charge is 2.05. The van der Waals surface area contributed by atoms with Crippen molar-refractivity contribution in [2.75, 3.05) is 5.32 Å². The van der Waals surface area contributed by atoms with Crippen molar-refractivity contribution < 1.29 is 9.13 Å². The molecular weight excluding hydrogens is 305 g/mol. The highest BCUT2D eigenvalue weighted by molar-refractivity contribution is 5.80. The molecule has 4 nitrogen and oxygen atoms in total. The molecule has 1 heterocycles. The normalized spacial score (nSPS) is 10.7. The number of para-hydroxylation sites is 1. The summed E-state index contributed by atoms with van der Waals surface area (Å²) in [6.45, 7) is 0. The van der Waals surface area contributed by atoms with Gasteiger partial charge in [-0.3, -0.25) is 0 Å². The number of ether oxygens (including phenoxy) is 1. The van der Waals surface area contributed by atoms with Crippen LogP contribution in [-0.2, 0) is 0 Å². The number of nitrogens with one attached hydrogen (secondary N) is 2. The number of imidazole rings is 1. The number of anilines is 2. The van der Waals surface area contributed by atoms with Gasteiger partial charge >= 0.3 is 0 Å². The molecule has 0 spiro atoms. The molecule has 0 radical (unpaired) electrons. The molecule has 0 saturated carbocycles. The van der Waals surface area contributed by atoms with Crippen molar-refractivity contribution in [1.82, 2.24) is 9.97 Å². The van der Waals surface area contributed by atoms with Gasteiger partial charge in [-0.1, -0.05) is 18.2 Å². The maximum Gasteiger partial charge on any atom is 0.205 e. The van der Waals surface area contributed by atoms with Gasteiger partial charge in [0, 0.05) is 11.8 Å². The number of hydrogen-bond donors (Lipinski definition) is 2. The van der Waals surface area contributed by atoms with E-state index in [-0.39, 0.29) is 5.82 Å². The second-order valence-corrected chi connectivity index (χ2v) is 5.31. The van der Waals surface area contributed by atoms with E-state index in [1.54, 1.807) is 12.1 Å². The number of H-pyrrole nitrogens is 1. The van der Waals surface area contributed by atoms with Crippen LogP contribution < -0.4 is 10.1 Å². The van der Waals surface area contributed by atoms with Gasteiger partial charge < -0.3 is 15.0 Å². The average molecular weight is 319 g/mol. The summed E-state index contributed by atoms with van der Waals surface area (Å²) in [4.78, 5) is 7.71. The molecule has 3 aromatic carbocycles. The quantitative estimate of drug-likeness (QED) is 0.541. The smallest absolute Gasteiger partial charge is 0.205 e. The number of benzene rings is 3. The average Bonchev–Trinajstić information content (AvgIpc) is 2.99. The highest BCUT2D eigenvalue weighted by atomic mass is 19.1. The summed E-state index contributed by atoms with van der Waals surface area (Å²) in [7, 11) is 0. The minimum Gasteiger partial charge on any atom is -0.457 e. The Bertz CT molecular complexity index is 965. The van der Waals surface area contributed by atoms with Gasteiger partial charge in [0.05, 0.1) is 11.0 Å². The maximum atomic E-state index is 12.9. The van der Waals surface area contributed by atoms with Crippen LogP contribution in [0.3, 0.4) is 0 Å². The topological polar surface area (TPSA) is 49.9 Å². The van der Waals surface area contributed by atoms with Crippen molar-refractivity contribution in [2.24, 2.45) is 0 Å². The number of rotatable bonds is 4. The number of aromatic nitrogens is 2. The lowest BCUT2D eigenvalue weighted by Gasteiger charge is -2.05. The Balaban J connectivity index is 1.57. The molecular formula is C19H14FN3O. The predicted molar refractivity (Wildman–Crippen MR) is 92.3 cm³/mol. The van der Waals surface area contributed by atoms with Gasteiger partial charge in [-0.2, -0.15) is 0 Å². The molecule has 0 aliphatic carbocycles. The Labute approximate surface area is 137 Å². The fraction of sp³-hybridized carbons (Fsp3) is 0. The first-order chi connectivity index (χ1) is 11.8. The Morgan fingerprint density at radius 3 is 2.42 bits per heavy atom. The summed E-state index contributed by atoms with van der Waals surface area (Å²) in [5.74, 6) is 1.61. The van der Waals surface area contributed by atoms with Crippen molar-refractivity contribution in [1.29, 1.82) is 0 Å². The summed E-state index contributed by atoms with van der Waals surface area (Å²) in [6, 6.07) is 21.3. The molecule has 0 fully saturated rings. The van der Waals surface area contributed by atoms with Gasteiger partial charge in [0.2, 0.25) is 5.95 Å². The monoisotopic (exact) mass is 319 g/mol. The van der Waals surface area contributed by atoms with Gasteiger partial charge in [0.1, 0.15) is 17.3 Å². The van der Waals surface area contributed by atoms with Gasteiger partial charge in [-0.05, 0) is 48.5 Å². The van der Waals surface area contributed by atoms with E-state index in [0.717, 1.165) is 16.7 Å². The molecule has 4 rings (SSSR count). The van der Waals surface area contributed by atoms with E-state index >= 15 is 0 Å². The largest absolute Gasteiger partial charge is 0.457 e. The maximum absolute atomic E-state index is 12.9. The van der Waals surface area contributed by atoms with Gasteiger partial charge in [-0.25, -0.2) is 9.37 Å². The van der Waals surface area contributed by atoms with Crippen molar-refractivity contribution in [3.8, 4) is 11.5 Å². The van der Waals surface area contributed by atoms with E-state index in [4.69, 9.17) is 4.74 Å². The molecule has 24 heavy (non-hydrogen) atoms. The SMILES string of the molecule is Fc1ccc(Oc2ccc3nc(Nc4ccccc4)[nH]c3c2)cc1. The lowest BCUT2D eigenvalue weighted by atomic mass is 10.3. The molecule has 2 N–H and O–H groups in total. The lowest BCUT2D eigenvalue weighted by Crippen LogP contribution is -1.90. The van der Waals surface area contributed by atoms with Crippen LogP contribution in [0.1, 0.15) is 0 Å². The number of hydrogen-bond acceptors (Lipinski definition) is 3. The minimum atomic E-state index is -0.289. The van der Waals surface area contributed by atoms with Crippen LogP contribution in [0.5, 0.6) is 11.5 Å². The first kappa shape index (κ1) is 14.3. The zero-order chi connectivity index (χ0) is 16.4. The van der Waals surface area contributed by atoms with Gasteiger partial charge in [-0.15, -0.1) is 0 Å². The first-order valence-electron chi connectivity index (χ1n) is 7.51. The zero-order valence-electron chi connectivity index (χ0n) is 12.7. The first-order valence-corrected chi connectivity index (χ1v) is 7.51. The van der Waals surface area contributed by atoms with Crippen LogP contribution in [-0.4, -0.2) is 9.97 Å². The van der Waals surface area contributed by atoms with E-state index in [0.29, 0.717) is 17.4 Å². The molecule has 1 aromatic heterocycles. The number of aromatic amines is 1. The molecule has 5 heteroatoms. The van der Waals surface area contributed by atoms with Crippen LogP contribution in [0, 0.1) is 5.82 Å². The highest BCUT2D eigenvalue weighted by Crippen LogP contribution is 2.26. The predicted octanol–water partition coefficient (Wildman–Crippen LogP) is 5.24. The van der Waals surface area contributed by atoms with E-state index in [2.05, 4.69) is 15.3 Å². The summed E-state index contributed by atoms with van der Waals surface area (Å²) < 4.78 is 18.7. The Kier molecular flexibility index (Phi) is 3.59. The van der Waals surface area contributed by atoms with Crippen molar-refractivity contribution in [3.63, 3.8) is 0 Å². The Hall–Kier alpha value is -3.34. The third kappa shape index (κ3) is 3.05. The zero-order valence-corrected chi connectivity index (χ0v) is 12.7. The van der Waals surface area contributed by atoms with E-state index in [1.807, 2.05) is 48.5 Å². The summed E-state index contributed by atoms with van der Waals surface area (Å²) >= 11 is 0. The minimum absolute atomic E-state index is 0.289. The van der Waals surface area contributed by atoms with E-state index < -0.39 is 0 Å².